The van der Waals surface area contributed by atoms with Gasteiger partial charge in [0.05, 0.1) is 17.2 Å². The van der Waals surface area contributed by atoms with E-state index in [1.54, 1.807) is 26.0 Å². The smallest absolute Gasteiger partial charge is 0.336 e. The molecule has 0 aromatic heterocycles. The normalized spacial score (nSPS) is 21.3. The zero-order valence-corrected chi connectivity index (χ0v) is 12.3. The molecule has 1 amide bonds. The van der Waals surface area contributed by atoms with Crippen LogP contribution in [0.4, 0.5) is 0 Å². The van der Waals surface area contributed by atoms with Crippen LogP contribution in [0.2, 0.25) is 0 Å². The Labute approximate surface area is 124 Å². The van der Waals surface area contributed by atoms with Crippen molar-refractivity contribution < 1.29 is 19.8 Å². The van der Waals surface area contributed by atoms with E-state index in [0.29, 0.717) is 17.7 Å². The number of hydrogen-bond donors (Lipinski definition) is 3. The van der Waals surface area contributed by atoms with Gasteiger partial charge in [0.25, 0.3) is 5.91 Å². The first-order chi connectivity index (χ1) is 9.91. The monoisotopic (exact) mass is 291 g/mol. The number of carbonyl (C=O) groups excluding carboxylic acids is 1. The molecule has 21 heavy (non-hydrogen) atoms. The summed E-state index contributed by atoms with van der Waals surface area (Å²) in [5.41, 5.74) is 1.48. The van der Waals surface area contributed by atoms with Gasteiger partial charge in [0, 0.05) is 12.5 Å². The van der Waals surface area contributed by atoms with E-state index >= 15 is 0 Å². The summed E-state index contributed by atoms with van der Waals surface area (Å²) in [6, 6.07) is 3.46. The number of nitrogens with one attached hydrogen (secondary N) is 1. The molecule has 5 nitrogen and oxygen atoms in total. The average molecular weight is 291 g/mol. The Morgan fingerprint density at radius 2 is 1.81 bits per heavy atom. The standard InChI is InChI=1S/C16H21NO4/c1-9-6-7-10(2)14(16(20)21)13(9)15(19)17-8-11-4-3-5-12(11)18/h6-7,11-12,18H,3-5,8H2,1-2H3,(H,17,19)(H,20,21). The van der Waals surface area contributed by atoms with Crippen LogP contribution in [-0.4, -0.2) is 34.7 Å². The lowest BCUT2D eigenvalue weighted by Gasteiger charge is -2.17. The molecule has 5 heteroatoms. The molecule has 1 aromatic rings. The number of carbonyl (C=O) groups is 2. The van der Waals surface area contributed by atoms with Crippen molar-refractivity contribution in [3.8, 4) is 0 Å². The topological polar surface area (TPSA) is 86.6 Å². The first-order valence-corrected chi connectivity index (χ1v) is 7.21. The van der Waals surface area contributed by atoms with Gasteiger partial charge < -0.3 is 15.5 Å². The minimum atomic E-state index is -1.10. The summed E-state index contributed by atoms with van der Waals surface area (Å²) in [6.45, 7) is 3.79. The molecular weight excluding hydrogens is 270 g/mol. The van der Waals surface area contributed by atoms with Crippen molar-refractivity contribution in [3.05, 3.63) is 34.4 Å². The SMILES string of the molecule is Cc1ccc(C)c(C(=O)NCC2CCCC2O)c1C(=O)O. The Morgan fingerprint density at radius 1 is 1.19 bits per heavy atom. The number of amides is 1. The van der Waals surface area contributed by atoms with Crippen molar-refractivity contribution in [1.82, 2.24) is 5.32 Å². The molecule has 114 valence electrons. The van der Waals surface area contributed by atoms with Gasteiger partial charge >= 0.3 is 5.97 Å². The number of carboxylic acids is 1. The Morgan fingerprint density at radius 3 is 2.33 bits per heavy atom. The average Bonchev–Trinajstić information content (AvgIpc) is 2.83. The third-order valence-corrected chi connectivity index (χ3v) is 4.21. The fourth-order valence-electron chi connectivity index (χ4n) is 2.95. The van der Waals surface area contributed by atoms with Gasteiger partial charge in [0.15, 0.2) is 0 Å². The number of hydrogen-bond acceptors (Lipinski definition) is 3. The highest BCUT2D eigenvalue weighted by molar-refractivity contribution is 6.06. The quantitative estimate of drug-likeness (QED) is 0.790. The van der Waals surface area contributed by atoms with Crippen LogP contribution in [0, 0.1) is 19.8 Å². The number of rotatable bonds is 4. The van der Waals surface area contributed by atoms with E-state index in [-0.39, 0.29) is 29.1 Å². The van der Waals surface area contributed by atoms with Gasteiger partial charge in [-0.25, -0.2) is 4.79 Å². The third kappa shape index (κ3) is 3.24. The molecule has 2 rings (SSSR count). The second kappa shape index (κ2) is 6.26. The van der Waals surface area contributed by atoms with Gasteiger partial charge in [0.1, 0.15) is 0 Å². The molecule has 0 bridgehead atoms. The van der Waals surface area contributed by atoms with Gasteiger partial charge in [-0.3, -0.25) is 4.79 Å². The molecule has 1 fully saturated rings. The van der Waals surface area contributed by atoms with Crippen molar-refractivity contribution in [2.75, 3.05) is 6.54 Å². The molecule has 1 saturated carbocycles. The third-order valence-electron chi connectivity index (χ3n) is 4.21. The molecule has 1 aliphatic carbocycles. The largest absolute Gasteiger partial charge is 0.478 e. The molecule has 2 unspecified atom stereocenters. The van der Waals surface area contributed by atoms with Crippen LogP contribution in [0.25, 0.3) is 0 Å². The van der Waals surface area contributed by atoms with Crippen molar-refractivity contribution in [3.63, 3.8) is 0 Å². The Bertz CT molecular complexity index is 568. The first-order valence-electron chi connectivity index (χ1n) is 7.21. The summed E-state index contributed by atoms with van der Waals surface area (Å²) in [6.07, 6.45) is 2.25. The summed E-state index contributed by atoms with van der Waals surface area (Å²) >= 11 is 0. The van der Waals surface area contributed by atoms with Crippen LogP contribution in [-0.2, 0) is 0 Å². The molecule has 3 N–H and O–H groups in total. The lowest BCUT2D eigenvalue weighted by atomic mass is 9.96. The van der Waals surface area contributed by atoms with Crippen LogP contribution >= 0.6 is 0 Å². The van der Waals surface area contributed by atoms with Gasteiger partial charge in [-0.15, -0.1) is 0 Å². The minimum Gasteiger partial charge on any atom is -0.478 e. The molecule has 1 aromatic carbocycles. The molecule has 1 aliphatic rings. The Balaban J connectivity index is 2.19. The Kier molecular flexibility index (Phi) is 4.63. The second-order valence-corrected chi connectivity index (χ2v) is 5.72. The number of aliphatic hydroxyl groups excluding tert-OH is 1. The van der Waals surface area contributed by atoms with Crippen LogP contribution in [0.15, 0.2) is 12.1 Å². The first kappa shape index (κ1) is 15.5. The number of aromatic carboxylic acids is 1. The van der Waals surface area contributed by atoms with E-state index < -0.39 is 5.97 Å². The van der Waals surface area contributed by atoms with Crippen LogP contribution in [0.3, 0.4) is 0 Å². The highest BCUT2D eigenvalue weighted by Crippen LogP contribution is 2.25. The van der Waals surface area contributed by atoms with Crippen LogP contribution in [0.1, 0.15) is 51.1 Å². The highest BCUT2D eigenvalue weighted by Gasteiger charge is 2.27. The lowest BCUT2D eigenvalue weighted by molar-refractivity contribution is 0.0689. The summed E-state index contributed by atoms with van der Waals surface area (Å²) in [7, 11) is 0. The number of carboxylic acid groups (broad SMARTS) is 1. The highest BCUT2D eigenvalue weighted by atomic mass is 16.4. The molecular formula is C16H21NO4. The molecule has 0 heterocycles. The summed E-state index contributed by atoms with van der Waals surface area (Å²) in [5, 5.41) is 21.9. The van der Waals surface area contributed by atoms with Gasteiger partial charge in [-0.2, -0.15) is 0 Å². The van der Waals surface area contributed by atoms with E-state index in [0.717, 1.165) is 19.3 Å². The maximum Gasteiger partial charge on any atom is 0.336 e. The van der Waals surface area contributed by atoms with Crippen LogP contribution < -0.4 is 5.32 Å². The predicted molar refractivity (Wildman–Crippen MR) is 78.6 cm³/mol. The summed E-state index contributed by atoms with van der Waals surface area (Å²) < 4.78 is 0. The lowest BCUT2D eigenvalue weighted by Crippen LogP contribution is -2.33. The summed E-state index contributed by atoms with van der Waals surface area (Å²) in [4.78, 5) is 23.7. The van der Waals surface area contributed by atoms with E-state index in [1.165, 1.54) is 0 Å². The fourth-order valence-corrected chi connectivity index (χ4v) is 2.95. The maximum atomic E-state index is 12.4. The van der Waals surface area contributed by atoms with Crippen LogP contribution in [0.5, 0.6) is 0 Å². The zero-order chi connectivity index (χ0) is 15.6. The maximum absolute atomic E-state index is 12.4. The molecule has 0 saturated heterocycles. The van der Waals surface area contributed by atoms with Crippen molar-refractivity contribution >= 4 is 11.9 Å². The number of benzene rings is 1. The van der Waals surface area contributed by atoms with Crippen molar-refractivity contribution in [2.45, 2.75) is 39.2 Å². The van der Waals surface area contributed by atoms with Crippen molar-refractivity contribution in [2.24, 2.45) is 5.92 Å². The number of aliphatic hydroxyl groups is 1. The van der Waals surface area contributed by atoms with E-state index in [4.69, 9.17) is 0 Å². The van der Waals surface area contributed by atoms with E-state index in [9.17, 15) is 19.8 Å². The fraction of sp³-hybridized carbons (Fsp3) is 0.500. The second-order valence-electron chi connectivity index (χ2n) is 5.72. The Hall–Kier alpha value is -1.88. The van der Waals surface area contributed by atoms with E-state index in [2.05, 4.69) is 5.32 Å². The van der Waals surface area contributed by atoms with Gasteiger partial charge in [-0.05, 0) is 37.8 Å². The molecule has 0 spiro atoms. The zero-order valence-electron chi connectivity index (χ0n) is 12.3. The van der Waals surface area contributed by atoms with Gasteiger partial charge in [0.2, 0.25) is 0 Å². The van der Waals surface area contributed by atoms with Gasteiger partial charge in [-0.1, -0.05) is 18.6 Å². The molecule has 2 atom stereocenters. The molecule has 0 radical (unpaired) electrons. The van der Waals surface area contributed by atoms with Crippen molar-refractivity contribution in [1.29, 1.82) is 0 Å². The predicted octanol–water partition coefficient (Wildman–Crippen LogP) is 1.89. The molecule has 0 aliphatic heterocycles. The minimum absolute atomic E-state index is 0.0551. The number of aryl methyl sites for hydroxylation is 2. The van der Waals surface area contributed by atoms with E-state index in [1.807, 2.05) is 0 Å². The summed E-state index contributed by atoms with van der Waals surface area (Å²) in [5.74, 6) is -1.41.